The predicted octanol–water partition coefficient (Wildman–Crippen LogP) is -0.304. The number of carbonyl (C=O) groups excluding carboxylic acids is 1. The molecule has 0 aliphatic carbocycles. The Balaban J connectivity index is 2.63. The van der Waals surface area contributed by atoms with E-state index in [-0.39, 0.29) is 25.0 Å². The maximum Gasteiger partial charge on any atom is 0.326 e. The van der Waals surface area contributed by atoms with Crippen LogP contribution in [0.4, 0.5) is 0 Å². The minimum absolute atomic E-state index is 0.0208. The summed E-state index contributed by atoms with van der Waals surface area (Å²) in [5.74, 6) is -2.98. The van der Waals surface area contributed by atoms with Crippen molar-refractivity contribution in [1.82, 2.24) is 5.32 Å². The number of phenolic OH excluding ortho intramolecular Hbond substituents is 1. The number of phenols is 1. The van der Waals surface area contributed by atoms with E-state index in [1.54, 1.807) is 12.1 Å². The van der Waals surface area contributed by atoms with E-state index >= 15 is 0 Å². The van der Waals surface area contributed by atoms with Crippen LogP contribution in [-0.4, -0.2) is 45.2 Å². The summed E-state index contributed by atoms with van der Waals surface area (Å²) in [4.78, 5) is 33.4. The van der Waals surface area contributed by atoms with Gasteiger partial charge in [0.25, 0.3) is 0 Å². The van der Waals surface area contributed by atoms with Crippen molar-refractivity contribution in [2.45, 2.75) is 31.3 Å². The van der Waals surface area contributed by atoms with Crippen molar-refractivity contribution >= 4 is 17.8 Å². The van der Waals surface area contributed by atoms with Crippen molar-refractivity contribution in [3.05, 3.63) is 29.8 Å². The second-order valence-corrected chi connectivity index (χ2v) is 4.81. The fourth-order valence-corrected chi connectivity index (χ4v) is 1.76. The fourth-order valence-electron chi connectivity index (χ4n) is 1.76. The smallest absolute Gasteiger partial charge is 0.326 e. The van der Waals surface area contributed by atoms with Gasteiger partial charge < -0.3 is 26.4 Å². The van der Waals surface area contributed by atoms with Crippen LogP contribution in [0.1, 0.15) is 18.4 Å². The third-order valence-corrected chi connectivity index (χ3v) is 3.00. The molecule has 1 aromatic rings. The molecule has 8 nitrogen and oxygen atoms in total. The minimum Gasteiger partial charge on any atom is -0.508 e. The van der Waals surface area contributed by atoms with Crippen LogP contribution in [0.3, 0.4) is 0 Å². The van der Waals surface area contributed by atoms with Gasteiger partial charge in [0.1, 0.15) is 11.8 Å². The number of carboxylic acids is 2. The summed E-state index contributed by atoms with van der Waals surface area (Å²) in [7, 11) is 0. The molecular formula is C14H18N2O6. The van der Waals surface area contributed by atoms with E-state index in [1.807, 2.05) is 0 Å². The molecule has 6 N–H and O–H groups in total. The number of nitrogens with one attached hydrogen (secondary N) is 1. The average Bonchev–Trinajstić information content (AvgIpc) is 2.45. The van der Waals surface area contributed by atoms with Gasteiger partial charge in [-0.2, -0.15) is 0 Å². The highest BCUT2D eigenvalue weighted by atomic mass is 16.4. The van der Waals surface area contributed by atoms with Gasteiger partial charge in [0, 0.05) is 12.8 Å². The maximum absolute atomic E-state index is 11.8. The molecular weight excluding hydrogens is 292 g/mol. The van der Waals surface area contributed by atoms with Crippen molar-refractivity contribution < 1.29 is 29.7 Å². The largest absolute Gasteiger partial charge is 0.508 e. The lowest BCUT2D eigenvalue weighted by atomic mass is 10.0. The van der Waals surface area contributed by atoms with Crippen LogP contribution in [-0.2, 0) is 20.8 Å². The molecule has 0 aromatic heterocycles. The Bertz CT molecular complexity index is 543. The highest BCUT2D eigenvalue weighted by Crippen LogP contribution is 2.11. The second-order valence-electron chi connectivity index (χ2n) is 4.81. The summed E-state index contributed by atoms with van der Waals surface area (Å²) < 4.78 is 0. The summed E-state index contributed by atoms with van der Waals surface area (Å²) in [6, 6.07) is 3.64. The molecule has 2 atom stereocenters. The fraction of sp³-hybridized carbons (Fsp3) is 0.357. The highest BCUT2D eigenvalue weighted by molar-refractivity contribution is 5.87. The predicted molar refractivity (Wildman–Crippen MR) is 76.2 cm³/mol. The molecule has 0 spiro atoms. The normalized spacial score (nSPS) is 13.1. The molecule has 0 saturated carbocycles. The molecule has 8 heteroatoms. The molecule has 0 heterocycles. The average molecular weight is 310 g/mol. The lowest BCUT2D eigenvalue weighted by molar-refractivity contribution is -0.142. The summed E-state index contributed by atoms with van der Waals surface area (Å²) in [6.07, 6.45) is -0.329. The van der Waals surface area contributed by atoms with E-state index in [1.165, 1.54) is 12.1 Å². The number of hydrogen-bond acceptors (Lipinski definition) is 5. The van der Waals surface area contributed by atoms with Gasteiger partial charge >= 0.3 is 11.9 Å². The van der Waals surface area contributed by atoms with Crippen LogP contribution >= 0.6 is 0 Å². The van der Waals surface area contributed by atoms with Crippen LogP contribution in [0, 0.1) is 0 Å². The summed E-state index contributed by atoms with van der Waals surface area (Å²) in [5, 5.41) is 29.1. The maximum atomic E-state index is 11.8. The molecule has 120 valence electrons. The number of aliphatic carboxylic acids is 2. The number of rotatable bonds is 8. The van der Waals surface area contributed by atoms with Gasteiger partial charge in [-0.05, 0) is 24.1 Å². The van der Waals surface area contributed by atoms with Gasteiger partial charge in [-0.25, -0.2) is 4.79 Å². The molecule has 0 aliphatic heterocycles. The Morgan fingerprint density at radius 1 is 1.14 bits per heavy atom. The van der Waals surface area contributed by atoms with E-state index in [2.05, 4.69) is 5.32 Å². The first-order chi connectivity index (χ1) is 10.3. The van der Waals surface area contributed by atoms with Crippen LogP contribution in [0.5, 0.6) is 5.75 Å². The Hall–Kier alpha value is -2.61. The number of nitrogens with two attached hydrogens (primary N) is 1. The molecule has 0 bridgehead atoms. The number of aromatic hydroxyl groups is 1. The van der Waals surface area contributed by atoms with Gasteiger partial charge in [-0.3, -0.25) is 9.59 Å². The Kier molecular flexibility index (Phi) is 6.33. The molecule has 0 fully saturated rings. The van der Waals surface area contributed by atoms with E-state index in [9.17, 15) is 19.5 Å². The first kappa shape index (κ1) is 17.4. The van der Waals surface area contributed by atoms with Crippen LogP contribution in [0.15, 0.2) is 24.3 Å². The van der Waals surface area contributed by atoms with Crippen molar-refractivity contribution in [2.75, 3.05) is 0 Å². The van der Waals surface area contributed by atoms with E-state index in [0.717, 1.165) is 0 Å². The van der Waals surface area contributed by atoms with Crippen molar-refractivity contribution in [3.63, 3.8) is 0 Å². The van der Waals surface area contributed by atoms with E-state index in [0.29, 0.717) is 5.56 Å². The van der Waals surface area contributed by atoms with Gasteiger partial charge in [0.2, 0.25) is 5.91 Å². The SMILES string of the molecule is N[C@H](CCC(=O)O)C(=O)N[C@@H](Cc1ccc(O)cc1)C(=O)O. The van der Waals surface area contributed by atoms with Crippen LogP contribution in [0.2, 0.25) is 0 Å². The topological polar surface area (TPSA) is 150 Å². The third kappa shape index (κ3) is 5.80. The van der Waals surface area contributed by atoms with Gasteiger partial charge in [-0.15, -0.1) is 0 Å². The number of carboxylic acid groups (broad SMARTS) is 2. The van der Waals surface area contributed by atoms with Gasteiger partial charge in [-0.1, -0.05) is 12.1 Å². The molecule has 1 aromatic carbocycles. The lowest BCUT2D eigenvalue weighted by Gasteiger charge is -2.17. The lowest BCUT2D eigenvalue weighted by Crippen LogP contribution is -2.49. The first-order valence-corrected chi connectivity index (χ1v) is 6.58. The van der Waals surface area contributed by atoms with Crippen molar-refractivity contribution in [3.8, 4) is 5.75 Å². The third-order valence-electron chi connectivity index (χ3n) is 3.00. The molecule has 0 saturated heterocycles. The quantitative estimate of drug-likeness (QED) is 0.442. The Morgan fingerprint density at radius 3 is 2.23 bits per heavy atom. The van der Waals surface area contributed by atoms with Crippen LogP contribution in [0.25, 0.3) is 0 Å². The molecule has 0 unspecified atom stereocenters. The molecule has 0 radical (unpaired) electrons. The number of hydrogen-bond donors (Lipinski definition) is 5. The second kappa shape index (κ2) is 7.99. The van der Waals surface area contributed by atoms with Crippen molar-refractivity contribution in [1.29, 1.82) is 0 Å². The zero-order valence-electron chi connectivity index (χ0n) is 11.7. The molecule has 1 rings (SSSR count). The summed E-state index contributed by atoms with van der Waals surface area (Å²) in [6.45, 7) is 0. The van der Waals surface area contributed by atoms with Crippen molar-refractivity contribution in [2.24, 2.45) is 5.73 Å². The van der Waals surface area contributed by atoms with Gasteiger partial charge in [0.05, 0.1) is 6.04 Å². The first-order valence-electron chi connectivity index (χ1n) is 6.58. The van der Waals surface area contributed by atoms with Gasteiger partial charge in [0.15, 0.2) is 0 Å². The molecule has 22 heavy (non-hydrogen) atoms. The Labute approximate surface area is 126 Å². The Morgan fingerprint density at radius 2 is 1.73 bits per heavy atom. The zero-order valence-corrected chi connectivity index (χ0v) is 11.7. The zero-order chi connectivity index (χ0) is 16.7. The van der Waals surface area contributed by atoms with E-state index in [4.69, 9.17) is 15.9 Å². The van der Waals surface area contributed by atoms with E-state index < -0.39 is 29.9 Å². The molecule has 0 aliphatic rings. The molecule has 1 amide bonds. The highest BCUT2D eigenvalue weighted by Gasteiger charge is 2.23. The number of amides is 1. The monoisotopic (exact) mass is 310 g/mol. The standard InChI is InChI=1S/C14H18N2O6/c15-10(5-6-12(18)19)13(20)16-11(14(21)22)7-8-1-3-9(17)4-2-8/h1-4,10-11,17H,5-7,15H2,(H,16,20)(H,18,19)(H,21,22)/t10-,11+/m1/s1. The van der Waals surface area contributed by atoms with Crippen LogP contribution < -0.4 is 11.1 Å². The number of benzene rings is 1. The summed E-state index contributed by atoms with van der Waals surface area (Å²) >= 11 is 0. The minimum atomic E-state index is -1.23. The number of carbonyl (C=O) groups is 3. The summed E-state index contributed by atoms with van der Waals surface area (Å²) in [5.41, 5.74) is 6.14.